The molecule has 0 heterocycles. The van der Waals surface area contributed by atoms with Gasteiger partial charge < -0.3 is 0 Å². The molecule has 0 bridgehead atoms. The van der Waals surface area contributed by atoms with Gasteiger partial charge in [0.25, 0.3) is 0 Å². The third-order valence-electron chi connectivity index (χ3n) is 4.69. The first-order chi connectivity index (χ1) is 11.7. The molecule has 0 saturated heterocycles. The SMILES string of the molecule is Cc1ccc(/C=C/c2ccc3c(c2)Cc2ccccc2C3Br)cc1. The van der Waals surface area contributed by atoms with Gasteiger partial charge in [-0.15, -0.1) is 0 Å². The summed E-state index contributed by atoms with van der Waals surface area (Å²) in [4.78, 5) is 0.299. The number of halogens is 1. The van der Waals surface area contributed by atoms with Crippen LogP contribution in [0, 0.1) is 6.92 Å². The molecule has 1 atom stereocenters. The van der Waals surface area contributed by atoms with Crippen LogP contribution in [0.25, 0.3) is 12.2 Å². The Morgan fingerprint density at radius 2 is 1.46 bits per heavy atom. The third-order valence-corrected chi connectivity index (χ3v) is 5.68. The monoisotopic (exact) mass is 374 g/mol. The van der Waals surface area contributed by atoms with Crippen LogP contribution in [0.4, 0.5) is 0 Å². The van der Waals surface area contributed by atoms with Gasteiger partial charge in [-0.2, -0.15) is 0 Å². The van der Waals surface area contributed by atoms with Gasteiger partial charge in [0.1, 0.15) is 0 Å². The molecule has 0 aliphatic heterocycles. The minimum Gasteiger partial charge on any atom is -0.0786 e. The van der Waals surface area contributed by atoms with Gasteiger partial charge in [-0.25, -0.2) is 0 Å². The molecule has 24 heavy (non-hydrogen) atoms. The minimum absolute atomic E-state index is 0.299. The maximum Gasteiger partial charge on any atom is 0.0650 e. The third kappa shape index (κ3) is 2.97. The molecule has 0 N–H and O–H groups in total. The summed E-state index contributed by atoms with van der Waals surface area (Å²) in [5, 5.41) is 0. The summed E-state index contributed by atoms with van der Waals surface area (Å²) < 4.78 is 0. The van der Waals surface area contributed by atoms with Crippen molar-refractivity contribution < 1.29 is 0 Å². The number of aryl methyl sites for hydroxylation is 1. The Balaban J connectivity index is 1.64. The highest BCUT2D eigenvalue weighted by Crippen LogP contribution is 2.40. The van der Waals surface area contributed by atoms with Gasteiger partial charge in [-0.05, 0) is 46.7 Å². The Kier molecular flexibility index (Phi) is 4.12. The predicted octanol–water partition coefficient (Wildman–Crippen LogP) is 6.55. The molecule has 0 spiro atoms. The van der Waals surface area contributed by atoms with Gasteiger partial charge in [-0.3, -0.25) is 0 Å². The van der Waals surface area contributed by atoms with Gasteiger partial charge in [0, 0.05) is 0 Å². The molecule has 118 valence electrons. The molecule has 0 aromatic heterocycles. The fourth-order valence-electron chi connectivity index (χ4n) is 3.31. The van der Waals surface area contributed by atoms with Crippen LogP contribution in [-0.4, -0.2) is 0 Å². The lowest BCUT2D eigenvalue weighted by atomic mass is 9.85. The Bertz CT molecular complexity index is 904. The Morgan fingerprint density at radius 1 is 0.792 bits per heavy atom. The molecule has 1 aliphatic carbocycles. The highest BCUT2D eigenvalue weighted by molar-refractivity contribution is 9.09. The number of rotatable bonds is 2. The van der Waals surface area contributed by atoms with Gasteiger partial charge in [0.05, 0.1) is 4.83 Å². The fourth-order valence-corrected chi connectivity index (χ4v) is 4.21. The summed E-state index contributed by atoms with van der Waals surface area (Å²) in [7, 11) is 0. The smallest absolute Gasteiger partial charge is 0.0650 e. The molecule has 1 heteroatoms. The molecule has 1 unspecified atom stereocenters. The Hall–Kier alpha value is -2.12. The highest BCUT2D eigenvalue weighted by atomic mass is 79.9. The van der Waals surface area contributed by atoms with Crippen molar-refractivity contribution in [3.05, 3.63) is 106 Å². The van der Waals surface area contributed by atoms with E-state index in [0.717, 1.165) is 6.42 Å². The Labute approximate surface area is 152 Å². The second kappa shape index (κ2) is 6.41. The van der Waals surface area contributed by atoms with Crippen LogP contribution in [0.15, 0.2) is 66.7 Å². The average Bonchev–Trinajstić information content (AvgIpc) is 2.61. The second-order valence-corrected chi connectivity index (χ2v) is 7.36. The Morgan fingerprint density at radius 3 is 2.29 bits per heavy atom. The zero-order valence-electron chi connectivity index (χ0n) is 13.7. The zero-order chi connectivity index (χ0) is 16.5. The van der Waals surface area contributed by atoms with Crippen molar-refractivity contribution in [1.29, 1.82) is 0 Å². The van der Waals surface area contributed by atoms with E-state index in [1.54, 1.807) is 0 Å². The molecule has 0 fully saturated rings. The number of alkyl halides is 1. The van der Waals surface area contributed by atoms with Gasteiger partial charge in [0.2, 0.25) is 0 Å². The van der Waals surface area contributed by atoms with Crippen LogP contribution in [0.3, 0.4) is 0 Å². The van der Waals surface area contributed by atoms with Crippen molar-refractivity contribution in [3.8, 4) is 0 Å². The quantitative estimate of drug-likeness (QED) is 0.352. The number of fused-ring (bicyclic) bond motifs is 2. The van der Waals surface area contributed by atoms with Crippen LogP contribution in [0.5, 0.6) is 0 Å². The van der Waals surface area contributed by atoms with Crippen molar-refractivity contribution in [2.45, 2.75) is 18.2 Å². The van der Waals surface area contributed by atoms with Gasteiger partial charge in [-0.1, -0.05) is 100 Å². The second-order valence-electron chi connectivity index (χ2n) is 6.44. The minimum atomic E-state index is 0.299. The first kappa shape index (κ1) is 15.4. The molecule has 0 amide bonds. The van der Waals surface area contributed by atoms with E-state index in [9.17, 15) is 0 Å². The van der Waals surface area contributed by atoms with E-state index >= 15 is 0 Å². The first-order valence-corrected chi connectivity index (χ1v) is 9.22. The summed E-state index contributed by atoms with van der Waals surface area (Å²) in [6.07, 6.45) is 5.40. The zero-order valence-corrected chi connectivity index (χ0v) is 15.3. The van der Waals surface area contributed by atoms with E-state index in [-0.39, 0.29) is 0 Å². The van der Waals surface area contributed by atoms with Crippen LogP contribution < -0.4 is 0 Å². The summed E-state index contributed by atoms with van der Waals surface area (Å²) in [5.41, 5.74) is 9.42. The molecular weight excluding hydrogens is 356 g/mol. The molecule has 0 radical (unpaired) electrons. The topological polar surface area (TPSA) is 0 Å². The highest BCUT2D eigenvalue weighted by Gasteiger charge is 2.22. The fraction of sp³-hybridized carbons (Fsp3) is 0.130. The van der Waals surface area contributed by atoms with Crippen LogP contribution in [-0.2, 0) is 6.42 Å². The maximum absolute atomic E-state index is 3.87. The number of hydrogen-bond acceptors (Lipinski definition) is 0. The molecule has 1 aliphatic rings. The van der Waals surface area contributed by atoms with Crippen LogP contribution >= 0.6 is 15.9 Å². The lowest BCUT2D eigenvalue weighted by Crippen LogP contribution is -2.09. The van der Waals surface area contributed by atoms with Crippen molar-refractivity contribution in [2.75, 3.05) is 0 Å². The summed E-state index contributed by atoms with van der Waals surface area (Å²) in [6, 6.07) is 24.1. The summed E-state index contributed by atoms with van der Waals surface area (Å²) >= 11 is 3.87. The first-order valence-electron chi connectivity index (χ1n) is 8.30. The summed E-state index contributed by atoms with van der Waals surface area (Å²) in [5.74, 6) is 0. The van der Waals surface area contributed by atoms with Crippen LogP contribution in [0.1, 0.15) is 43.8 Å². The molecular formula is C23H19Br. The van der Waals surface area contributed by atoms with Gasteiger partial charge in [0.15, 0.2) is 0 Å². The lowest BCUT2D eigenvalue weighted by Gasteiger charge is -2.24. The van der Waals surface area contributed by atoms with Crippen molar-refractivity contribution >= 4 is 28.1 Å². The molecule has 3 aromatic carbocycles. The van der Waals surface area contributed by atoms with E-state index < -0.39 is 0 Å². The average molecular weight is 375 g/mol. The van der Waals surface area contributed by atoms with E-state index in [2.05, 4.69) is 102 Å². The van der Waals surface area contributed by atoms with Gasteiger partial charge >= 0.3 is 0 Å². The largest absolute Gasteiger partial charge is 0.0786 e. The molecule has 3 aromatic rings. The molecule has 4 rings (SSSR count). The van der Waals surface area contributed by atoms with Crippen molar-refractivity contribution in [1.82, 2.24) is 0 Å². The number of hydrogen-bond donors (Lipinski definition) is 0. The molecule has 0 saturated carbocycles. The standard InChI is InChI=1S/C23H19Br/c1-16-6-8-17(9-7-16)10-11-18-12-13-22-20(14-18)15-19-4-2-3-5-21(19)23(22)24/h2-14,23H,15H2,1H3/b11-10+. The van der Waals surface area contributed by atoms with E-state index in [1.165, 1.54) is 38.9 Å². The van der Waals surface area contributed by atoms with Crippen LogP contribution in [0.2, 0.25) is 0 Å². The maximum atomic E-state index is 3.87. The number of benzene rings is 3. The van der Waals surface area contributed by atoms with E-state index in [0.29, 0.717) is 4.83 Å². The molecule has 0 nitrogen and oxygen atoms in total. The van der Waals surface area contributed by atoms with Crippen molar-refractivity contribution in [2.24, 2.45) is 0 Å². The lowest BCUT2D eigenvalue weighted by molar-refractivity contribution is 0.993. The van der Waals surface area contributed by atoms with E-state index in [1.807, 2.05) is 0 Å². The van der Waals surface area contributed by atoms with Crippen molar-refractivity contribution in [3.63, 3.8) is 0 Å². The predicted molar refractivity (Wildman–Crippen MR) is 107 cm³/mol. The summed E-state index contributed by atoms with van der Waals surface area (Å²) in [6.45, 7) is 2.12. The normalized spacial score (nSPS) is 16.0. The van der Waals surface area contributed by atoms with E-state index in [4.69, 9.17) is 0 Å².